The van der Waals surface area contributed by atoms with Gasteiger partial charge in [-0.25, -0.2) is 5.01 Å². The molecule has 4 rings (SSSR count). The summed E-state index contributed by atoms with van der Waals surface area (Å²) in [5.41, 5.74) is 3.02. The molecular formula is C28H27BrN2O6. The highest BCUT2D eigenvalue weighted by Gasteiger charge is 2.34. The molecule has 0 aromatic heterocycles. The maximum absolute atomic E-state index is 13.4. The Morgan fingerprint density at radius 3 is 2.38 bits per heavy atom. The van der Waals surface area contributed by atoms with Crippen molar-refractivity contribution in [1.29, 1.82) is 0 Å². The molecule has 1 unspecified atom stereocenters. The first-order valence-electron chi connectivity index (χ1n) is 11.7. The molecule has 0 spiro atoms. The number of amides is 1. The molecule has 37 heavy (non-hydrogen) atoms. The average Bonchev–Trinajstić information content (AvgIpc) is 3.38. The molecule has 0 aliphatic carbocycles. The largest absolute Gasteiger partial charge is 0.493 e. The Morgan fingerprint density at radius 2 is 1.70 bits per heavy atom. The smallest absolute Gasteiger partial charge is 0.281 e. The second kappa shape index (κ2) is 11.9. The van der Waals surface area contributed by atoms with E-state index in [1.807, 2.05) is 49.4 Å². The van der Waals surface area contributed by atoms with E-state index in [4.69, 9.17) is 24.0 Å². The standard InChI is InChI=1S/C28H27BrN2O6/c1-4-36-27-13-18(16-32)5-11-25(27)37-17-28(33)31-23(20-8-12-24(34-2)26(14-20)35-3)15-22(30-31)19-6-9-21(29)10-7-19/h5-14,16,23H,4,15,17H2,1-3H3. The van der Waals surface area contributed by atoms with Crippen LogP contribution in [0.15, 0.2) is 70.2 Å². The van der Waals surface area contributed by atoms with Crippen LogP contribution in [0.3, 0.4) is 0 Å². The Hall–Kier alpha value is -3.85. The molecule has 3 aromatic rings. The zero-order valence-electron chi connectivity index (χ0n) is 20.8. The summed E-state index contributed by atoms with van der Waals surface area (Å²) in [4.78, 5) is 24.6. The minimum atomic E-state index is -0.363. The number of carbonyl (C=O) groups excluding carboxylic acids is 2. The topological polar surface area (TPSA) is 86.7 Å². The number of hydrogen-bond acceptors (Lipinski definition) is 7. The van der Waals surface area contributed by atoms with Gasteiger partial charge in [0.05, 0.1) is 32.6 Å². The molecule has 0 fully saturated rings. The second-order valence-electron chi connectivity index (χ2n) is 8.17. The van der Waals surface area contributed by atoms with Crippen molar-refractivity contribution in [2.45, 2.75) is 19.4 Å². The summed E-state index contributed by atoms with van der Waals surface area (Å²) in [6.45, 7) is 1.96. The summed E-state index contributed by atoms with van der Waals surface area (Å²) >= 11 is 3.46. The van der Waals surface area contributed by atoms with E-state index in [9.17, 15) is 9.59 Å². The molecule has 0 bridgehead atoms. The van der Waals surface area contributed by atoms with Crippen LogP contribution < -0.4 is 18.9 Å². The average molecular weight is 567 g/mol. The summed E-state index contributed by atoms with van der Waals surface area (Å²) in [6, 6.07) is 17.8. The molecule has 192 valence electrons. The molecule has 1 heterocycles. The fraction of sp³-hybridized carbons (Fsp3) is 0.250. The Balaban J connectivity index is 1.62. The van der Waals surface area contributed by atoms with Crippen LogP contribution >= 0.6 is 15.9 Å². The van der Waals surface area contributed by atoms with Crippen molar-refractivity contribution in [3.05, 3.63) is 81.8 Å². The van der Waals surface area contributed by atoms with Gasteiger partial charge in [-0.2, -0.15) is 5.10 Å². The molecule has 0 radical (unpaired) electrons. The predicted molar refractivity (Wildman–Crippen MR) is 143 cm³/mol. The van der Waals surface area contributed by atoms with Crippen molar-refractivity contribution in [2.75, 3.05) is 27.4 Å². The van der Waals surface area contributed by atoms with Crippen LogP contribution in [0.2, 0.25) is 0 Å². The molecule has 9 heteroatoms. The minimum absolute atomic E-state index is 0.262. The van der Waals surface area contributed by atoms with Crippen LogP contribution in [0.1, 0.15) is 40.9 Å². The SMILES string of the molecule is CCOc1cc(C=O)ccc1OCC(=O)N1N=C(c2ccc(Br)cc2)CC1c1ccc(OC)c(OC)c1. The Morgan fingerprint density at radius 1 is 0.973 bits per heavy atom. The van der Waals surface area contributed by atoms with E-state index >= 15 is 0 Å². The van der Waals surface area contributed by atoms with Crippen LogP contribution in [0, 0.1) is 0 Å². The van der Waals surface area contributed by atoms with Gasteiger partial charge in [-0.1, -0.05) is 34.1 Å². The number of carbonyl (C=O) groups is 2. The summed E-state index contributed by atoms with van der Waals surface area (Å²) in [6.07, 6.45) is 1.24. The zero-order valence-corrected chi connectivity index (χ0v) is 22.4. The highest BCUT2D eigenvalue weighted by molar-refractivity contribution is 9.10. The number of aldehydes is 1. The maximum atomic E-state index is 13.4. The molecular weight excluding hydrogens is 540 g/mol. The summed E-state index contributed by atoms with van der Waals surface area (Å²) < 4.78 is 23.2. The van der Waals surface area contributed by atoms with Gasteiger partial charge in [-0.05, 0) is 60.5 Å². The van der Waals surface area contributed by atoms with E-state index in [2.05, 4.69) is 15.9 Å². The number of halogens is 1. The lowest BCUT2D eigenvalue weighted by atomic mass is 9.98. The van der Waals surface area contributed by atoms with Crippen LogP contribution in [0.5, 0.6) is 23.0 Å². The van der Waals surface area contributed by atoms with Gasteiger partial charge in [-0.3, -0.25) is 9.59 Å². The second-order valence-corrected chi connectivity index (χ2v) is 9.09. The van der Waals surface area contributed by atoms with Crippen molar-refractivity contribution < 1.29 is 28.5 Å². The molecule has 1 aliphatic rings. The van der Waals surface area contributed by atoms with E-state index in [0.29, 0.717) is 41.6 Å². The van der Waals surface area contributed by atoms with Gasteiger partial charge in [0.2, 0.25) is 0 Å². The van der Waals surface area contributed by atoms with Gasteiger partial charge < -0.3 is 18.9 Å². The van der Waals surface area contributed by atoms with Gasteiger partial charge in [0, 0.05) is 16.5 Å². The third kappa shape index (κ3) is 5.94. The highest BCUT2D eigenvalue weighted by atomic mass is 79.9. The van der Waals surface area contributed by atoms with E-state index in [0.717, 1.165) is 27.6 Å². The quantitative estimate of drug-likeness (QED) is 0.304. The number of hydrazone groups is 1. The Kier molecular flexibility index (Phi) is 8.45. The van der Waals surface area contributed by atoms with Gasteiger partial charge >= 0.3 is 0 Å². The number of hydrogen-bond donors (Lipinski definition) is 0. The fourth-order valence-electron chi connectivity index (χ4n) is 4.07. The molecule has 3 aromatic carbocycles. The van der Waals surface area contributed by atoms with E-state index < -0.39 is 0 Å². The lowest BCUT2D eigenvalue weighted by Gasteiger charge is -2.23. The Labute approximate surface area is 223 Å². The molecule has 1 amide bonds. The number of methoxy groups -OCH3 is 2. The summed E-state index contributed by atoms with van der Waals surface area (Å²) in [5.74, 6) is 1.62. The third-order valence-electron chi connectivity index (χ3n) is 5.89. The van der Waals surface area contributed by atoms with Crippen molar-refractivity contribution in [3.63, 3.8) is 0 Å². The summed E-state index contributed by atoms with van der Waals surface area (Å²) in [7, 11) is 3.15. The van der Waals surface area contributed by atoms with Gasteiger partial charge in [0.25, 0.3) is 5.91 Å². The van der Waals surface area contributed by atoms with E-state index in [1.54, 1.807) is 32.4 Å². The molecule has 0 N–H and O–H groups in total. The third-order valence-corrected chi connectivity index (χ3v) is 6.42. The fourth-order valence-corrected chi connectivity index (χ4v) is 4.33. The first kappa shape index (κ1) is 26.2. The lowest BCUT2D eigenvalue weighted by molar-refractivity contribution is -0.135. The summed E-state index contributed by atoms with van der Waals surface area (Å²) in [5, 5.41) is 6.15. The minimum Gasteiger partial charge on any atom is -0.493 e. The number of nitrogens with zero attached hydrogens (tertiary/aromatic N) is 2. The molecule has 8 nitrogen and oxygen atoms in total. The van der Waals surface area contributed by atoms with Crippen LogP contribution in [-0.2, 0) is 4.79 Å². The highest BCUT2D eigenvalue weighted by Crippen LogP contribution is 2.38. The van der Waals surface area contributed by atoms with Crippen LogP contribution in [0.4, 0.5) is 0 Å². The van der Waals surface area contributed by atoms with Crippen molar-refractivity contribution in [1.82, 2.24) is 5.01 Å². The van der Waals surface area contributed by atoms with Crippen LogP contribution in [0.25, 0.3) is 0 Å². The lowest BCUT2D eigenvalue weighted by Crippen LogP contribution is -2.31. The van der Waals surface area contributed by atoms with Crippen molar-refractivity contribution in [3.8, 4) is 23.0 Å². The van der Waals surface area contributed by atoms with Crippen molar-refractivity contribution >= 4 is 33.8 Å². The number of benzene rings is 3. The normalized spacial score (nSPS) is 14.6. The van der Waals surface area contributed by atoms with Crippen molar-refractivity contribution in [2.24, 2.45) is 5.10 Å². The van der Waals surface area contributed by atoms with E-state index in [-0.39, 0.29) is 18.6 Å². The first-order valence-corrected chi connectivity index (χ1v) is 12.5. The predicted octanol–water partition coefficient (Wildman–Crippen LogP) is 5.43. The molecule has 0 saturated carbocycles. The Bertz CT molecular complexity index is 1310. The van der Waals surface area contributed by atoms with Gasteiger partial charge in [-0.15, -0.1) is 0 Å². The van der Waals surface area contributed by atoms with Crippen LogP contribution in [-0.4, -0.2) is 50.3 Å². The number of rotatable bonds is 10. The number of ether oxygens (including phenoxy) is 4. The van der Waals surface area contributed by atoms with Gasteiger partial charge in [0.1, 0.15) is 6.29 Å². The zero-order chi connectivity index (χ0) is 26.4. The monoisotopic (exact) mass is 566 g/mol. The van der Waals surface area contributed by atoms with Gasteiger partial charge in [0.15, 0.2) is 29.6 Å². The molecule has 0 saturated heterocycles. The molecule has 1 aliphatic heterocycles. The maximum Gasteiger partial charge on any atom is 0.281 e. The van der Waals surface area contributed by atoms with E-state index in [1.165, 1.54) is 5.01 Å². The molecule has 1 atom stereocenters. The first-order chi connectivity index (χ1) is 18.0.